The Kier molecular flexibility index (Phi) is 4.17. The molecule has 1 aromatic heterocycles. The van der Waals surface area contributed by atoms with E-state index in [2.05, 4.69) is 76.0 Å². The van der Waals surface area contributed by atoms with E-state index in [1.165, 1.54) is 21.2 Å². The fourth-order valence-corrected chi connectivity index (χ4v) is 3.89. The maximum absolute atomic E-state index is 5.75. The summed E-state index contributed by atoms with van der Waals surface area (Å²) in [5.74, 6) is 5.75. The molecule has 0 aliphatic carbocycles. The molecule has 1 atom stereocenters. The summed E-state index contributed by atoms with van der Waals surface area (Å²) in [6.45, 7) is 0. The Morgan fingerprint density at radius 2 is 1.85 bits per heavy atom. The fraction of sp³-hybridized carbons (Fsp3) is 0.125. The van der Waals surface area contributed by atoms with Crippen LogP contribution >= 0.6 is 27.3 Å². The van der Waals surface area contributed by atoms with Crippen LogP contribution < -0.4 is 11.3 Å². The molecule has 3 N–H and O–H groups in total. The van der Waals surface area contributed by atoms with E-state index in [0.29, 0.717) is 0 Å². The van der Waals surface area contributed by atoms with E-state index in [4.69, 9.17) is 5.84 Å². The minimum Gasteiger partial charge on any atom is -0.271 e. The van der Waals surface area contributed by atoms with Crippen LogP contribution in [0, 0.1) is 0 Å². The zero-order valence-electron chi connectivity index (χ0n) is 10.8. The van der Waals surface area contributed by atoms with Gasteiger partial charge < -0.3 is 0 Å². The molecule has 1 unspecified atom stereocenters. The fourth-order valence-electron chi connectivity index (χ4n) is 2.36. The monoisotopic (exact) mass is 346 g/mol. The second-order valence-electron chi connectivity index (χ2n) is 4.74. The second-order valence-corrected chi connectivity index (χ2v) is 7.28. The third-order valence-electron chi connectivity index (χ3n) is 3.41. The molecular weight excluding hydrogens is 332 g/mol. The lowest BCUT2D eigenvalue weighted by Crippen LogP contribution is -2.29. The van der Waals surface area contributed by atoms with Gasteiger partial charge in [0.2, 0.25) is 0 Å². The number of benzene rings is 2. The molecule has 3 rings (SSSR count). The molecule has 0 fully saturated rings. The first-order chi connectivity index (χ1) is 9.76. The van der Waals surface area contributed by atoms with Crippen molar-refractivity contribution in [1.82, 2.24) is 5.43 Å². The lowest BCUT2D eigenvalue weighted by atomic mass is 10.00. The zero-order valence-corrected chi connectivity index (χ0v) is 13.2. The van der Waals surface area contributed by atoms with E-state index in [-0.39, 0.29) is 6.04 Å². The van der Waals surface area contributed by atoms with Crippen molar-refractivity contribution in [2.45, 2.75) is 12.5 Å². The van der Waals surface area contributed by atoms with E-state index < -0.39 is 0 Å². The van der Waals surface area contributed by atoms with E-state index in [0.717, 1.165) is 10.2 Å². The Labute approximate surface area is 130 Å². The number of fused-ring (bicyclic) bond motifs is 1. The molecule has 0 aliphatic heterocycles. The number of hydrazine groups is 1. The lowest BCUT2D eigenvalue weighted by molar-refractivity contribution is 0.556. The summed E-state index contributed by atoms with van der Waals surface area (Å²) in [4.78, 5) is 1.31. The van der Waals surface area contributed by atoms with Crippen molar-refractivity contribution in [3.8, 4) is 0 Å². The lowest BCUT2D eigenvalue weighted by Gasteiger charge is -2.16. The Morgan fingerprint density at radius 3 is 2.55 bits per heavy atom. The summed E-state index contributed by atoms with van der Waals surface area (Å²) in [6, 6.07) is 19.2. The van der Waals surface area contributed by atoms with Crippen LogP contribution in [-0.4, -0.2) is 0 Å². The largest absolute Gasteiger partial charge is 0.271 e. The number of nitrogens with two attached hydrogens (primary N) is 1. The number of nitrogens with one attached hydrogen (secondary N) is 1. The van der Waals surface area contributed by atoms with Gasteiger partial charge in [-0.3, -0.25) is 11.3 Å². The van der Waals surface area contributed by atoms with Crippen LogP contribution in [-0.2, 0) is 6.42 Å². The molecule has 2 nitrogen and oxygen atoms in total. The highest BCUT2D eigenvalue weighted by atomic mass is 79.9. The van der Waals surface area contributed by atoms with Crippen molar-refractivity contribution < 1.29 is 0 Å². The summed E-state index contributed by atoms with van der Waals surface area (Å²) < 4.78 is 1.15. The topological polar surface area (TPSA) is 38.0 Å². The highest BCUT2D eigenvalue weighted by molar-refractivity contribution is 9.11. The van der Waals surface area contributed by atoms with Gasteiger partial charge in [-0.25, -0.2) is 0 Å². The van der Waals surface area contributed by atoms with E-state index in [1.807, 2.05) is 0 Å². The third-order valence-corrected chi connectivity index (χ3v) is 5.06. The summed E-state index contributed by atoms with van der Waals surface area (Å²) in [6.07, 6.45) is 0.894. The van der Waals surface area contributed by atoms with Crippen LogP contribution in [0.2, 0.25) is 0 Å². The third kappa shape index (κ3) is 2.94. The maximum Gasteiger partial charge on any atom is 0.0701 e. The molecule has 0 saturated heterocycles. The average Bonchev–Trinajstić information content (AvgIpc) is 2.89. The molecule has 0 radical (unpaired) electrons. The van der Waals surface area contributed by atoms with Crippen molar-refractivity contribution in [3.05, 3.63) is 68.8 Å². The zero-order chi connectivity index (χ0) is 13.9. The first-order valence-electron chi connectivity index (χ1n) is 6.45. The Hall–Kier alpha value is -1.20. The Balaban J connectivity index is 1.90. The van der Waals surface area contributed by atoms with Gasteiger partial charge >= 0.3 is 0 Å². The van der Waals surface area contributed by atoms with Gasteiger partial charge in [0.05, 0.1) is 9.83 Å². The summed E-state index contributed by atoms with van der Waals surface area (Å²) in [5.41, 5.74) is 4.15. The minimum absolute atomic E-state index is 0.130. The van der Waals surface area contributed by atoms with Gasteiger partial charge in [-0.15, -0.1) is 11.3 Å². The van der Waals surface area contributed by atoms with Gasteiger partial charge in [-0.05, 0) is 50.5 Å². The molecule has 0 saturated carbocycles. The Morgan fingerprint density at radius 1 is 1.05 bits per heavy atom. The SMILES string of the molecule is NNC(Cc1ccc(Br)s1)c1ccc2ccccc2c1. The number of rotatable bonds is 4. The summed E-state index contributed by atoms with van der Waals surface area (Å²) in [5, 5.41) is 2.50. The molecule has 0 bridgehead atoms. The molecule has 0 amide bonds. The van der Waals surface area contributed by atoms with Crippen LogP contribution in [0.5, 0.6) is 0 Å². The second kappa shape index (κ2) is 6.06. The molecular formula is C16H15BrN2S. The number of hydrogen-bond donors (Lipinski definition) is 2. The van der Waals surface area contributed by atoms with Crippen molar-refractivity contribution >= 4 is 38.0 Å². The molecule has 102 valence electrons. The van der Waals surface area contributed by atoms with Crippen molar-refractivity contribution in [2.75, 3.05) is 0 Å². The molecule has 4 heteroatoms. The molecule has 0 spiro atoms. The first-order valence-corrected chi connectivity index (χ1v) is 8.06. The summed E-state index contributed by atoms with van der Waals surface area (Å²) >= 11 is 5.25. The van der Waals surface area contributed by atoms with Crippen LogP contribution in [0.1, 0.15) is 16.5 Å². The molecule has 3 aromatic rings. The molecule has 0 aliphatic rings. The van der Waals surface area contributed by atoms with Crippen molar-refractivity contribution in [3.63, 3.8) is 0 Å². The molecule has 20 heavy (non-hydrogen) atoms. The van der Waals surface area contributed by atoms with Gasteiger partial charge in [-0.2, -0.15) is 0 Å². The highest BCUT2D eigenvalue weighted by Gasteiger charge is 2.12. The van der Waals surface area contributed by atoms with Gasteiger partial charge in [0.1, 0.15) is 0 Å². The number of halogens is 1. The number of thiophene rings is 1. The van der Waals surface area contributed by atoms with Gasteiger partial charge in [-0.1, -0.05) is 36.4 Å². The molecule has 2 aromatic carbocycles. The van der Waals surface area contributed by atoms with Crippen LogP contribution in [0.15, 0.2) is 58.4 Å². The molecule has 1 heterocycles. The maximum atomic E-state index is 5.75. The normalized spacial score (nSPS) is 12.7. The van der Waals surface area contributed by atoms with Gasteiger partial charge in [0.25, 0.3) is 0 Å². The first kappa shape index (κ1) is 13.8. The average molecular weight is 347 g/mol. The van der Waals surface area contributed by atoms with Crippen LogP contribution in [0.3, 0.4) is 0 Å². The van der Waals surface area contributed by atoms with Crippen LogP contribution in [0.4, 0.5) is 0 Å². The van der Waals surface area contributed by atoms with Crippen molar-refractivity contribution in [1.29, 1.82) is 0 Å². The quantitative estimate of drug-likeness (QED) is 0.542. The van der Waals surface area contributed by atoms with E-state index >= 15 is 0 Å². The van der Waals surface area contributed by atoms with Gasteiger partial charge in [0, 0.05) is 11.3 Å². The Bertz CT molecular complexity index is 723. The predicted molar refractivity (Wildman–Crippen MR) is 89.7 cm³/mol. The minimum atomic E-state index is 0.130. The number of hydrogen-bond acceptors (Lipinski definition) is 3. The van der Waals surface area contributed by atoms with E-state index in [9.17, 15) is 0 Å². The highest BCUT2D eigenvalue weighted by Crippen LogP contribution is 2.28. The predicted octanol–water partition coefficient (Wildman–Crippen LogP) is 4.41. The van der Waals surface area contributed by atoms with Crippen molar-refractivity contribution in [2.24, 2.45) is 5.84 Å². The van der Waals surface area contributed by atoms with Gasteiger partial charge in [0.15, 0.2) is 0 Å². The van der Waals surface area contributed by atoms with E-state index in [1.54, 1.807) is 11.3 Å². The van der Waals surface area contributed by atoms with Crippen LogP contribution in [0.25, 0.3) is 10.8 Å². The standard InChI is InChI=1S/C16H15BrN2S/c17-16-8-7-14(20-16)10-15(19-18)13-6-5-11-3-1-2-4-12(11)9-13/h1-9,15,19H,10,18H2. The summed E-state index contributed by atoms with van der Waals surface area (Å²) in [7, 11) is 0. The smallest absolute Gasteiger partial charge is 0.0701 e.